The summed E-state index contributed by atoms with van der Waals surface area (Å²) in [6, 6.07) is 3.24. The summed E-state index contributed by atoms with van der Waals surface area (Å²) < 4.78 is 0. The lowest BCUT2D eigenvalue weighted by atomic mass is 10.2. The molecule has 0 spiro atoms. The molecule has 96 valence electrons. The second-order valence-electron chi connectivity index (χ2n) is 4.28. The van der Waals surface area contributed by atoms with Gasteiger partial charge in [-0.05, 0) is 25.5 Å². The minimum atomic E-state index is -0.160. The molecule has 1 atom stereocenters. The normalized spacial score (nSPS) is 17.4. The first-order valence-corrected chi connectivity index (χ1v) is 6.36. The van der Waals surface area contributed by atoms with Crippen LogP contribution in [0.15, 0.2) is 30.5 Å². The van der Waals surface area contributed by atoms with Crippen LogP contribution >= 0.6 is 11.6 Å². The molecular formula is C13H16ClN3O. The van der Waals surface area contributed by atoms with E-state index in [0.29, 0.717) is 10.8 Å². The van der Waals surface area contributed by atoms with E-state index in [1.807, 2.05) is 6.92 Å². The Labute approximate surface area is 112 Å². The number of aromatic nitrogens is 1. The van der Waals surface area contributed by atoms with Gasteiger partial charge in [-0.3, -0.25) is 9.69 Å². The number of anilines is 1. The van der Waals surface area contributed by atoms with Crippen molar-refractivity contribution in [3.8, 4) is 0 Å². The third-order valence-corrected chi connectivity index (χ3v) is 3.22. The Kier molecular flexibility index (Phi) is 4.33. The van der Waals surface area contributed by atoms with E-state index in [2.05, 4.69) is 27.4 Å². The molecule has 1 aromatic heterocycles. The second kappa shape index (κ2) is 5.98. The molecule has 0 saturated carbocycles. The van der Waals surface area contributed by atoms with Gasteiger partial charge in [-0.25, -0.2) is 4.98 Å². The fourth-order valence-corrected chi connectivity index (χ4v) is 1.97. The molecule has 0 aliphatic carbocycles. The smallest absolute Gasteiger partial charge is 0.242 e. The first-order valence-electron chi connectivity index (χ1n) is 5.98. The number of rotatable bonds is 3. The third-order valence-electron chi connectivity index (χ3n) is 3.00. The third kappa shape index (κ3) is 3.31. The quantitative estimate of drug-likeness (QED) is 0.853. The molecule has 5 heteroatoms. The summed E-state index contributed by atoms with van der Waals surface area (Å²) in [5.74, 6) is 0.490. The van der Waals surface area contributed by atoms with E-state index in [1.165, 1.54) is 6.20 Å². The molecule has 2 rings (SSSR count). The molecule has 18 heavy (non-hydrogen) atoms. The van der Waals surface area contributed by atoms with E-state index in [4.69, 9.17) is 11.6 Å². The monoisotopic (exact) mass is 265 g/mol. The van der Waals surface area contributed by atoms with E-state index in [1.54, 1.807) is 12.1 Å². The standard InChI is InChI=1S/C13H16ClN3O/c1-10(17-7-3-2-4-8-17)13(18)16-12-6-5-11(14)9-15-12/h2-3,5-6,9-10H,4,7-8H2,1H3,(H,15,16,18). The van der Waals surface area contributed by atoms with Crippen LogP contribution in [0.2, 0.25) is 5.02 Å². The molecular weight excluding hydrogens is 250 g/mol. The van der Waals surface area contributed by atoms with Crippen molar-refractivity contribution < 1.29 is 4.79 Å². The van der Waals surface area contributed by atoms with Crippen LogP contribution in [-0.2, 0) is 4.79 Å². The van der Waals surface area contributed by atoms with Gasteiger partial charge in [0.15, 0.2) is 0 Å². The molecule has 1 N–H and O–H groups in total. The number of nitrogens with one attached hydrogen (secondary N) is 1. The van der Waals surface area contributed by atoms with Gasteiger partial charge in [-0.15, -0.1) is 0 Å². The summed E-state index contributed by atoms with van der Waals surface area (Å²) in [4.78, 5) is 18.2. The number of hydrogen-bond acceptors (Lipinski definition) is 3. The Hall–Kier alpha value is -1.39. The van der Waals surface area contributed by atoms with Crippen LogP contribution in [0.3, 0.4) is 0 Å². The Morgan fingerprint density at radius 1 is 1.50 bits per heavy atom. The minimum Gasteiger partial charge on any atom is -0.309 e. The van der Waals surface area contributed by atoms with Crippen LogP contribution in [0.5, 0.6) is 0 Å². The van der Waals surface area contributed by atoms with Crippen LogP contribution in [0.25, 0.3) is 0 Å². The highest BCUT2D eigenvalue weighted by atomic mass is 35.5. The van der Waals surface area contributed by atoms with E-state index >= 15 is 0 Å². The van der Waals surface area contributed by atoms with Crippen molar-refractivity contribution in [3.05, 3.63) is 35.5 Å². The van der Waals surface area contributed by atoms with E-state index in [0.717, 1.165) is 19.5 Å². The number of hydrogen-bond donors (Lipinski definition) is 1. The SMILES string of the molecule is CC(C(=O)Nc1ccc(Cl)cn1)N1CC=CCC1. The first kappa shape index (κ1) is 13.1. The highest BCUT2D eigenvalue weighted by Crippen LogP contribution is 2.12. The topological polar surface area (TPSA) is 45.2 Å². The van der Waals surface area contributed by atoms with Gasteiger partial charge >= 0.3 is 0 Å². The van der Waals surface area contributed by atoms with Crippen molar-refractivity contribution in [1.82, 2.24) is 9.88 Å². The van der Waals surface area contributed by atoms with Gasteiger partial charge in [0, 0.05) is 19.3 Å². The van der Waals surface area contributed by atoms with E-state index in [9.17, 15) is 4.79 Å². The molecule has 0 bridgehead atoms. The largest absolute Gasteiger partial charge is 0.309 e. The lowest BCUT2D eigenvalue weighted by molar-refractivity contribution is -0.120. The molecule has 0 radical (unpaired) electrons. The maximum Gasteiger partial charge on any atom is 0.242 e. The second-order valence-corrected chi connectivity index (χ2v) is 4.72. The van der Waals surface area contributed by atoms with E-state index < -0.39 is 0 Å². The molecule has 1 aromatic rings. The van der Waals surface area contributed by atoms with Gasteiger partial charge in [0.25, 0.3) is 0 Å². The van der Waals surface area contributed by atoms with Crippen LogP contribution in [0.4, 0.5) is 5.82 Å². The Morgan fingerprint density at radius 3 is 2.94 bits per heavy atom. The number of nitrogens with zero attached hydrogens (tertiary/aromatic N) is 2. The van der Waals surface area contributed by atoms with Crippen LogP contribution in [-0.4, -0.2) is 34.9 Å². The Bertz CT molecular complexity index is 444. The zero-order valence-electron chi connectivity index (χ0n) is 10.3. The summed E-state index contributed by atoms with van der Waals surface area (Å²) >= 11 is 5.74. The Balaban J connectivity index is 1.94. The van der Waals surface area contributed by atoms with Crippen molar-refractivity contribution in [2.75, 3.05) is 18.4 Å². The zero-order valence-corrected chi connectivity index (χ0v) is 11.0. The van der Waals surface area contributed by atoms with Crippen LogP contribution in [0.1, 0.15) is 13.3 Å². The highest BCUT2D eigenvalue weighted by molar-refractivity contribution is 6.30. The van der Waals surface area contributed by atoms with Crippen molar-refractivity contribution in [2.45, 2.75) is 19.4 Å². The highest BCUT2D eigenvalue weighted by Gasteiger charge is 2.21. The maximum absolute atomic E-state index is 12.0. The number of carbonyl (C=O) groups excluding carboxylic acids is 1. The van der Waals surface area contributed by atoms with Crippen molar-refractivity contribution in [3.63, 3.8) is 0 Å². The molecule has 0 fully saturated rings. The molecule has 0 aromatic carbocycles. The number of pyridine rings is 1. The summed E-state index contributed by atoms with van der Waals surface area (Å²) in [7, 11) is 0. The molecule has 4 nitrogen and oxygen atoms in total. The van der Waals surface area contributed by atoms with Gasteiger partial charge in [-0.1, -0.05) is 23.8 Å². The number of halogens is 1. The summed E-state index contributed by atoms with van der Waals surface area (Å²) in [6.07, 6.45) is 6.75. The molecule has 1 aliphatic rings. The summed E-state index contributed by atoms with van der Waals surface area (Å²) in [6.45, 7) is 3.65. The number of amides is 1. The number of carbonyl (C=O) groups is 1. The zero-order chi connectivity index (χ0) is 13.0. The fraction of sp³-hybridized carbons (Fsp3) is 0.385. The molecule has 1 unspecified atom stereocenters. The Morgan fingerprint density at radius 2 is 2.33 bits per heavy atom. The van der Waals surface area contributed by atoms with Crippen molar-refractivity contribution in [2.24, 2.45) is 0 Å². The minimum absolute atomic E-state index is 0.0416. The first-order chi connectivity index (χ1) is 8.66. The average molecular weight is 266 g/mol. The van der Waals surface area contributed by atoms with Crippen molar-refractivity contribution in [1.29, 1.82) is 0 Å². The van der Waals surface area contributed by atoms with E-state index in [-0.39, 0.29) is 11.9 Å². The maximum atomic E-state index is 12.0. The summed E-state index contributed by atoms with van der Waals surface area (Å²) in [5, 5.41) is 3.35. The van der Waals surface area contributed by atoms with Crippen molar-refractivity contribution >= 4 is 23.3 Å². The molecule has 1 aliphatic heterocycles. The predicted octanol–water partition coefficient (Wildman–Crippen LogP) is 2.32. The molecule has 0 saturated heterocycles. The van der Waals surface area contributed by atoms with Gasteiger partial charge in [-0.2, -0.15) is 0 Å². The lowest BCUT2D eigenvalue weighted by Crippen LogP contribution is -2.43. The summed E-state index contributed by atoms with van der Waals surface area (Å²) in [5.41, 5.74) is 0. The lowest BCUT2D eigenvalue weighted by Gasteiger charge is -2.28. The van der Waals surface area contributed by atoms with Gasteiger partial charge in [0.2, 0.25) is 5.91 Å². The van der Waals surface area contributed by atoms with Crippen LogP contribution < -0.4 is 5.32 Å². The molecule has 2 heterocycles. The average Bonchev–Trinajstić information content (AvgIpc) is 2.41. The van der Waals surface area contributed by atoms with Gasteiger partial charge in [0.1, 0.15) is 5.82 Å². The molecule has 1 amide bonds. The van der Waals surface area contributed by atoms with Gasteiger partial charge < -0.3 is 5.32 Å². The van der Waals surface area contributed by atoms with Gasteiger partial charge in [0.05, 0.1) is 11.1 Å². The van der Waals surface area contributed by atoms with Crippen LogP contribution in [0, 0.1) is 0 Å². The predicted molar refractivity (Wildman–Crippen MR) is 72.7 cm³/mol. The fourth-order valence-electron chi connectivity index (χ4n) is 1.86.